The third kappa shape index (κ3) is 3.70. The van der Waals surface area contributed by atoms with Gasteiger partial charge in [-0.15, -0.1) is 0 Å². The molecule has 0 aliphatic carbocycles. The summed E-state index contributed by atoms with van der Waals surface area (Å²) in [7, 11) is 0. The second kappa shape index (κ2) is 6.71. The van der Waals surface area contributed by atoms with E-state index in [-0.39, 0.29) is 18.5 Å². The molecule has 4 nitrogen and oxygen atoms in total. The second-order valence-corrected chi connectivity index (χ2v) is 5.77. The van der Waals surface area contributed by atoms with E-state index in [0.717, 1.165) is 31.6 Å². The standard InChI is InChI=1S/C13H18FIN2O2/c14-10-7-13(12(16)8-11(10)15)17-3-1-9(2-4-17)19-6-5-18/h7-9,18H,1-6,16H2. The van der Waals surface area contributed by atoms with Crippen molar-refractivity contribution in [2.24, 2.45) is 0 Å². The number of ether oxygens (including phenoxy) is 1. The topological polar surface area (TPSA) is 58.7 Å². The fraction of sp³-hybridized carbons (Fsp3) is 0.538. The number of halogens is 2. The quantitative estimate of drug-likeness (QED) is 0.620. The molecule has 0 unspecified atom stereocenters. The van der Waals surface area contributed by atoms with Gasteiger partial charge in [-0.25, -0.2) is 4.39 Å². The molecule has 106 valence electrons. The number of hydrogen-bond donors (Lipinski definition) is 2. The Morgan fingerprint density at radius 3 is 2.74 bits per heavy atom. The van der Waals surface area contributed by atoms with E-state index in [1.54, 1.807) is 6.07 Å². The van der Waals surface area contributed by atoms with Crippen LogP contribution in [-0.2, 0) is 4.74 Å². The molecule has 1 fully saturated rings. The van der Waals surface area contributed by atoms with E-state index in [9.17, 15) is 4.39 Å². The number of aliphatic hydroxyl groups excluding tert-OH is 1. The number of nitrogens with zero attached hydrogens (tertiary/aromatic N) is 1. The van der Waals surface area contributed by atoms with Crippen LogP contribution in [0.15, 0.2) is 12.1 Å². The van der Waals surface area contributed by atoms with E-state index >= 15 is 0 Å². The van der Waals surface area contributed by atoms with E-state index in [1.165, 1.54) is 6.07 Å². The van der Waals surface area contributed by atoms with Crippen LogP contribution < -0.4 is 10.6 Å². The van der Waals surface area contributed by atoms with Crippen molar-refractivity contribution in [2.45, 2.75) is 18.9 Å². The maximum absolute atomic E-state index is 13.6. The molecule has 1 heterocycles. The van der Waals surface area contributed by atoms with Gasteiger partial charge in [-0.3, -0.25) is 0 Å². The molecule has 3 N–H and O–H groups in total. The molecular formula is C13H18FIN2O2. The molecule has 1 aromatic carbocycles. The van der Waals surface area contributed by atoms with E-state index in [0.29, 0.717) is 15.9 Å². The zero-order valence-electron chi connectivity index (χ0n) is 10.6. The summed E-state index contributed by atoms with van der Waals surface area (Å²) in [5, 5.41) is 8.73. The molecule has 1 aliphatic rings. The van der Waals surface area contributed by atoms with E-state index in [4.69, 9.17) is 15.6 Å². The molecule has 0 radical (unpaired) electrons. The first-order valence-electron chi connectivity index (χ1n) is 6.33. The highest BCUT2D eigenvalue weighted by Gasteiger charge is 2.21. The highest BCUT2D eigenvalue weighted by atomic mass is 127. The van der Waals surface area contributed by atoms with Gasteiger partial charge in [-0.2, -0.15) is 0 Å². The number of nitrogen functional groups attached to an aromatic ring is 1. The number of nitrogens with two attached hydrogens (primary N) is 1. The van der Waals surface area contributed by atoms with E-state index in [1.807, 2.05) is 22.6 Å². The molecule has 0 atom stereocenters. The van der Waals surface area contributed by atoms with Gasteiger partial charge in [0, 0.05) is 19.2 Å². The fourth-order valence-electron chi connectivity index (χ4n) is 2.31. The predicted molar refractivity (Wildman–Crippen MR) is 81.8 cm³/mol. The third-order valence-corrected chi connectivity index (χ3v) is 4.12. The average molecular weight is 380 g/mol. The smallest absolute Gasteiger partial charge is 0.138 e. The van der Waals surface area contributed by atoms with Gasteiger partial charge in [-0.05, 0) is 41.5 Å². The molecule has 0 amide bonds. The monoisotopic (exact) mass is 380 g/mol. The van der Waals surface area contributed by atoms with E-state index < -0.39 is 0 Å². The van der Waals surface area contributed by atoms with Gasteiger partial charge in [0.15, 0.2) is 0 Å². The number of anilines is 2. The van der Waals surface area contributed by atoms with Gasteiger partial charge in [0.2, 0.25) is 0 Å². The Labute approximate surface area is 125 Å². The van der Waals surface area contributed by atoms with Crippen molar-refractivity contribution in [2.75, 3.05) is 36.9 Å². The Kier molecular flexibility index (Phi) is 5.23. The van der Waals surface area contributed by atoms with Crippen LogP contribution in [0.3, 0.4) is 0 Å². The predicted octanol–water partition coefficient (Wildman–Crippen LogP) is 1.99. The summed E-state index contributed by atoms with van der Waals surface area (Å²) in [6, 6.07) is 3.17. The van der Waals surface area contributed by atoms with E-state index in [2.05, 4.69) is 4.90 Å². The molecule has 2 rings (SSSR count). The van der Waals surface area contributed by atoms with Crippen LogP contribution in [-0.4, -0.2) is 37.5 Å². The zero-order valence-corrected chi connectivity index (χ0v) is 12.8. The Balaban J connectivity index is 1.99. The highest BCUT2D eigenvalue weighted by molar-refractivity contribution is 14.1. The highest BCUT2D eigenvalue weighted by Crippen LogP contribution is 2.30. The Morgan fingerprint density at radius 2 is 2.11 bits per heavy atom. The van der Waals surface area contributed by atoms with Crippen LogP contribution in [0.5, 0.6) is 0 Å². The number of benzene rings is 1. The summed E-state index contributed by atoms with van der Waals surface area (Å²) in [5.74, 6) is -0.233. The van der Waals surface area contributed by atoms with Crippen LogP contribution in [0.25, 0.3) is 0 Å². The number of aliphatic hydroxyl groups is 1. The lowest BCUT2D eigenvalue weighted by molar-refractivity contribution is 0.0159. The summed E-state index contributed by atoms with van der Waals surface area (Å²) < 4.78 is 19.7. The van der Waals surface area contributed by atoms with Gasteiger partial charge < -0.3 is 20.5 Å². The van der Waals surface area contributed by atoms with Gasteiger partial charge in [0.05, 0.1) is 34.3 Å². The molecule has 0 spiro atoms. The summed E-state index contributed by atoms with van der Waals surface area (Å²) >= 11 is 1.94. The van der Waals surface area contributed by atoms with Crippen LogP contribution >= 0.6 is 22.6 Å². The minimum atomic E-state index is -0.233. The summed E-state index contributed by atoms with van der Waals surface area (Å²) in [6.45, 7) is 2.01. The van der Waals surface area contributed by atoms with Crippen molar-refractivity contribution in [3.05, 3.63) is 21.5 Å². The Morgan fingerprint density at radius 1 is 1.42 bits per heavy atom. The number of hydrogen-bond acceptors (Lipinski definition) is 4. The first kappa shape index (κ1) is 14.8. The largest absolute Gasteiger partial charge is 0.397 e. The molecule has 6 heteroatoms. The molecule has 0 bridgehead atoms. The lowest BCUT2D eigenvalue weighted by Gasteiger charge is -2.34. The number of piperidine rings is 1. The second-order valence-electron chi connectivity index (χ2n) is 4.61. The lowest BCUT2D eigenvalue weighted by atomic mass is 10.1. The van der Waals surface area contributed by atoms with Crippen molar-refractivity contribution in [1.82, 2.24) is 0 Å². The van der Waals surface area contributed by atoms with Crippen LogP contribution in [0.2, 0.25) is 0 Å². The minimum Gasteiger partial charge on any atom is -0.397 e. The van der Waals surface area contributed by atoms with Crippen LogP contribution in [0.1, 0.15) is 12.8 Å². The van der Waals surface area contributed by atoms with Crippen LogP contribution in [0, 0.1) is 9.39 Å². The Bertz CT molecular complexity index is 437. The normalized spacial score (nSPS) is 16.9. The average Bonchev–Trinajstić information content (AvgIpc) is 2.41. The zero-order chi connectivity index (χ0) is 13.8. The summed E-state index contributed by atoms with van der Waals surface area (Å²) in [5.41, 5.74) is 7.33. The molecule has 19 heavy (non-hydrogen) atoms. The first-order chi connectivity index (χ1) is 9.11. The molecule has 1 aromatic rings. The van der Waals surface area contributed by atoms with Gasteiger partial charge >= 0.3 is 0 Å². The summed E-state index contributed by atoms with van der Waals surface area (Å²) in [6.07, 6.45) is 1.92. The summed E-state index contributed by atoms with van der Waals surface area (Å²) in [4.78, 5) is 2.09. The maximum Gasteiger partial charge on any atom is 0.138 e. The first-order valence-corrected chi connectivity index (χ1v) is 7.41. The van der Waals surface area contributed by atoms with Crippen molar-refractivity contribution < 1.29 is 14.2 Å². The molecule has 0 saturated carbocycles. The number of rotatable bonds is 4. The van der Waals surface area contributed by atoms with Crippen molar-refractivity contribution in [1.29, 1.82) is 0 Å². The fourth-order valence-corrected chi connectivity index (χ4v) is 2.80. The molecule has 1 saturated heterocycles. The lowest BCUT2D eigenvalue weighted by Crippen LogP contribution is -2.37. The molecular weight excluding hydrogens is 362 g/mol. The molecule has 1 aliphatic heterocycles. The third-order valence-electron chi connectivity index (χ3n) is 3.30. The SMILES string of the molecule is Nc1cc(I)c(F)cc1N1CCC(OCCO)CC1. The van der Waals surface area contributed by atoms with Gasteiger partial charge in [0.1, 0.15) is 5.82 Å². The maximum atomic E-state index is 13.6. The Hall–Kier alpha value is -0.600. The van der Waals surface area contributed by atoms with Gasteiger partial charge in [-0.1, -0.05) is 0 Å². The van der Waals surface area contributed by atoms with Gasteiger partial charge in [0.25, 0.3) is 0 Å². The van der Waals surface area contributed by atoms with Crippen LogP contribution in [0.4, 0.5) is 15.8 Å². The minimum absolute atomic E-state index is 0.0511. The van der Waals surface area contributed by atoms with Crippen molar-refractivity contribution in [3.8, 4) is 0 Å². The van der Waals surface area contributed by atoms with Crippen molar-refractivity contribution in [3.63, 3.8) is 0 Å². The molecule has 0 aromatic heterocycles. The van der Waals surface area contributed by atoms with Crippen molar-refractivity contribution >= 4 is 34.0 Å².